The van der Waals surface area contributed by atoms with Crippen molar-refractivity contribution in [2.75, 3.05) is 47.9 Å². The van der Waals surface area contributed by atoms with Gasteiger partial charge in [0, 0.05) is 37.8 Å². The number of anilines is 4. The fraction of sp³-hybridized carbons (Fsp3) is 0.381. The van der Waals surface area contributed by atoms with Crippen molar-refractivity contribution >= 4 is 34.2 Å². The monoisotopic (exact) mass is 431 g/mol. The van der Waals surface area contributed by atoms with E-state index in [1.165, 1.54) is 0 Å². The Bertz CT molecular complexity index is 1080. The molecule has 0 atom stereocenters. The Morgan fingerprint density at radius 1 is 1.10 bits per heavy atom. The van der Waals surface area contributed by atoms with E-state index in [4.69, 9.17) is 5.73 Å². The lowest BCUT2D eigenvalue weighted by atomic mass is 10.1. The van der Waals surface area contributed by atoms with Crippen LogP contribution in [0.4, 0.5) is 36.4 Å². The summed E-state index contributed by atoms with van der Waals surface area (Å²) >= 11 is 0. The molecule has 0 radical (unpaired) electrons. The molecule has 4 N–H and O–H groups in total. The minimum absolute atomic E-state index is 0.0936. The van der Waals surface area contributed by atoms with Crippen LogP contribution in [-0.4, -0.2) is 41.6 Å². The van der Waals surface area contributed by atoms with Crippen LogP contribution in [0.25, 0.3) is 10.9 Å². The van der Waals surface area contributed by atoms with Gasteiger partial charge in [0.15, 0.2) is 0 Å². The van der Waals surface area contributed by atoms with Gasteiger partial charge in [0.2, 0.25) is 5.95 Å². The second kappa shape index (κ2) is 8.44. The highest BCUT2D eigenvalue weighted by atomic mass is 19.4. The molecule has 31 heavy (non-hydrogen) atoms. The number of pyridine rings is 1. The van der Waals surface area contributed by atoms with Crippen molar-refractivity contribution in [2.24, 2.45) is 0 Å². The van der Waals surface area contributed by atoms with E-state index in [9.17, 15) is 13.2 Å². The molecule has 10 heteroatoms. The van der Waals surface area contributed by atoms with Gasteiger partial charge in [-0.2, -0.15) is 18.2 Å². The van der Waals surface area contributed by atoms with Crippen LogP contribution in [0, 0.1) is 0 Å². The SMILES string of the molecule is CNc1nc(NCCc2cc(N)cc(C(F)(F)F)c2)c2cc(N3CCCC3)ncc2n1. The zero-order valence-electron chi connectivity index (χ0n) is 17.1. The maximum Gasteiger partial charge on any atom is 0.416 e. The van der Waals surface area contributed by atoms with Crippen LogP contribution < -0.4 is 21.3 Å². The predicted molar refractivity (Wildman–Crippen MR) is 116 cm³/mol. The molecule has 4 rings (SSSR count). The first kappa shape index (κ1) is 21.0. The second-order valence-corrected chi connectivity index (χ2v) is 7.54. The van der Waals surface area contributed by atoms with Gasteiger partial charge in [0.05, 0.1) is 17.3 Å². The van der Waals surface area contributed by atoms with Crippen molar-refractivity contribution in [3.63, 3.8) is 0 Å². The van der Waals surface area contributed by atoms with Crippen LogP contribution in [-0.2, 0) is 12.6 Å². The third kappa shape index (κ3) is 4.73. The first-order chi connectivity index (χ1) is 14.8. The zero-order chi connectivity index (χ0) is 22.0. The lowest BCUT2D eigenvalue weighted by molar-refractivity contribution is -0.137. The van der Waals surface area contributed by atoms with Gasteiger partial charge < -0.3 is 21.3 Å². The number of nitrogens with two attached hydrogens (primary N) is 1. The number of hydrogen-bond acceptors (Lipinski definition) is 7. The number of hydrogen-bond donors (Lipinski definition) is 3. The molecular weight excluding hydrogens is 407 g/mol. The maximum absolute atomic E-state index is 13.1. The summed E-state index contributed by atoms with van der Waals surface area (Å²) in [5, 5.41) is 6.99. The Morgan fingerprint density at radius 2 is 1.87 bits per heavy atom. The Balaban J connectivity index is 1.57. The van der Waals surface area contributed by atoms with Gasteiger partial charge in [-0.3, -0.25) is 0 Å². The highest BCUT2D eigenvalue weighted by molar-refractivity contribution is 5.91. The second-order valence-electron chi connectivity index (χ2n) is 7.54. The molecule has 1 aliphatic heterocycles. The van der Waals surface area contributed by atoms with E-state index in [1.54, 1.807) is 19.3 Å². The fourth-order valence-corrected chi connectivity index (χ4v) is 3.74. The van der Waals surface area contributed by atoms with Crippen LogP contribution in [0.2, 0.25) is 0 Å². The number of alkyl halides is 3. The van der Waals surface area contributed by atoms with Crippen molar-refractivity contribution in [3.8, 4) is 0 Å². The molecule has 0 saturated carbocycles. The number of fused-ring (bicyclic) bond motifs is 1. The Labute approximate surface area is 177 Å². The molecule has 3 heterocycles. The minimum atomic E-state index is -4.43. The van der Waals surface area contributed by atoms with E-state index in [-0.39, 0.29) is 5.69 Å². The maximum atomic E-state index is 13.1. The summed E-state index contributed by atoms with van der Waals surface area (Å²) in [7, 11) is 1.72. The van der Waals surface area contributed by atoms with Crippen LogP contribution in [0.1, 0.15) is 24.0 Å². The summed E-state index contributed by atoms with van der Waals surface area (Å²) in [5.74, 6) is 1.92. The number of rotatable bonds is 6. The van der Waals surface area contributed by atoms with E-state index in [2.05, 4.69) is 30.5 Å². The molecule has 3 aromatic rings. The molecule has 1 aromatic carbocycles. The molecule has 7 nitrogen and oxygen atoms in total. The van der Waals surface area contributed by atoms with E-state index >= 15 is 0 Å². The van der Waals surface area contributed by atoms with E-state index in [1.807, 2.05) is 6.07 Å². The normalized spacial score (nSPS) is 14.3. The highest BCUT2D eigenvalue weighted by Crippen LogP contribution is 2.32. The van der Waals surface area contributed by atoms with E-state index in [0.717, 1.165) is 49.3 Å². The largest absolute Gasteiger partial charge is 0.416 e. The third-order valence-electron chi connectivity index (χ3n) is 5.27. The molecule has 1 saturated heterocycles. The third-order valence-corrected chi connectivity index (χ3v) is 5.27. The number of nitrogens with one attached hydrogen (secondary N) is 2. The van der Waals surface area contributed by atoms with Gasteiger partial charge >= 0.3 is 6.18 Å². The Morgan fingerprint density at radius 3 is 2.58 bits per heavy atom. The molecule has 0 unspecified atom stereocenters. The number of nitrogen functional groups attached to an aromatic ring is 1. The standard InChI is InChI=1S/C21H24F3N7/c1-26-20-29-17-12-28-18(31-6-2-3-7-31)11-16(17)19(30-20)27-5-4-13-8-14(21(22,23)24)10-15(25)9-13/h8-12H,2-7,25H2,1H3,(H2,26,27,29,30). The molecular formula is C21H24F3N7. The van der Waals surface area contributed by atoms with Crippen LogP contribution >= 0.6 is 0 Å². The van der Waals surface area contributed by atoms with E-state index in [0.29, 0.717) is 35.8 Å². The lowest BCUT2D eigenvalue weighted by Gasteiger charge is -2.17. The number of nitrogens with zero attached hydrogens (tertiary/aromatic N) is 4. The van der Waals surface area contributed by atoms with E-state index < -0.39 is 11.7 Å². The van der Waals surface area contributed by atoms with Crippen molar-refractivity contribution in [1.82, 2.24) is 15.0 Å². The zero-order valence-corrected chi connectivity index (χ0v) is 17.1. The smallest absolute Gasteiger partial charge is 0.399 e. The number of halogens is 3. The Hall–Kier alpha value is -3.30. The average molecular weight is 431 g/mol. The first-order valence-corrected chi connectivity index (χ1v) is 10.1. The van der Waals surface area contributed by atoms with Crippen molar-refractivity contribution in [3.05, 3.63) is 41.6 Å². The van der Waals surface area contributed by atoms with Gasteiger partial charge in [-0.25, -0.2) is 9.97 Å². The minimum Gasteiger partial charge on any atom is -0.399 e. The van der Waals surface area contributed by atoms with Crippen LogP contribution in [0.15, 0.2) is 30.5 Å². The lowest BCUT2D eigenvalue weighted by Crippen LogP contribution is -2.19. The summed E-state index contributed by atoms with van der Waals surface area (Å²) in [6.07, 6.45) is -0.0654. The summed E-state index contributed by atoms with van der Waals surface area (Å²) in [6, 6.07) is 5.60. The first-order valence-electron chi connectivity index (χ1n) is 10.1. The van der Waals surface area contributed by atoms with Crippen LogP contribution in [0.3, 0.4) is 0 Å². The molecule has 164 valence electrons. The van der Waals surface area contributed by atoms with Gasteiger partial charge in [-0.1, -0.05) is 0 Å². The molecule has 0 aliphatic carbocycles. The van der Waals surface area contributed by atoms with Crippen LogP contribution in [0.5, 0.6) is 0 Å². The van der Waals surface area contributed by atoms with Gasteiger partial charge in [0.1, 0.15) is 11.6 Å². The summed E-state index contributed by atoms with van der Waals surface area (Å²) in [4.78, 5) is 15.7. The molecule has 1 fully saturated rings. The number of benzene rings is 1. The van der Waals surface area contributed by atoms with Crippen molar-refractivity contribution in [1.29, 1.82) is 0 Å². The molecule has 0 amide bonds. The van der Waals surface area contributed by atoms with Crippen molar-refractivity contribution < 1.29 is 13.2 Å². The van der Waals surface area contributed by atoms with Crippen molar-refractivity contribution in [2.45, 2.75) is 25.4 Å². The fourth-order valence-electron chi connectivity index (χ4n) is 3.74. The molecule has 1 aliphatic rings. The average Bonchev–Trinajstić information content (AvgIpc) is 3.27. The highest BCUT2D eigenvalue weighted by Gasteiger charge is 2.31. The molecule has 0 bridgehead atoms. The van der Waals surface area contributed by atoms with Gasteiger partial charge in [0.25, 0.3) is 0 Å². The number of aromatic nitrogens is 3. The Kier molecular flexibility index (Phi) is 5.71. The quantitative estimate of drug-likeness (QED) is 0.510. The molecule has 2 aromatic heterocycles. The summed E-state index contributed by atoms with van der Waals surface area (Å²) in [5.41, 5.74) is 6.21. The predicted octanol–water partition coefficient (Wildman–Crippen LogP) is 3.92. The summed E-state index contributed by atoms with van der Waals surface area (Å²) < 4.78 is 39.2. The van der Waals surface area contributed by atoms with Gasteiger partial charge in [-0.05, 0) is 49.1 Å². The molecule has 0 spiro atoms. The topological polar surface area (TPSA) is 92.0 Å². The summed E-state index contributed by atoms with van der Waals surface area (Å²) in [6.45, 7) is 2.32. The van der Waals surface area contributed by atoms with Gasteiger partial charge in [-0.15, -0.1) is 0 Å².